The predicted molar refractivity (Wildman–Crippen MR) is 116 cm³/mol. The Labute approximate surface area is 192 Å². The molecule has 168 valence electrons. The number of imidazole rings is 1. The fourth-order valence-electron chi connectivity index (χ4n) is 3.16. The lowest BCUT2D eigenvalue weighted by atomic mass is 10.1. The summed E-state index contributed by atoms with van der Waals surface area (Å²) in [6.45, 7) is -3.43. The van der Waals surface area contributed by atoms with Crippen LogP contribution in [0.15, 0.2) is 11.5 Å². The Balaban J connectivity index is 1.69. The van der Waals surface area contributed by atoms with Crippen LogP contribution in [0, 0.1) is 0 Å². The van der Waals surface area contributed by atoms with Gasteiger partial charge in [0.25, 0.3) is 0 Å². The van der Waals surface area contributed by atoms with Crippen LogP contribution in [-0.4, -0.2) is 78.4 Å². The number of ketones is 2. The summed E-state index contributed by atoms with van der Waals surface area (Å²) in [6, 6.07) is 0. The Morgan fingerprint density at radius 1 is 1.42 bits per heavy atom. The van der Waals surface area contributed by atoms with Crippen LogP contribution in [0.25, 0.3) is 11.2 Å². The lowest BCUT2D eigenvalue weighted by Gasteiger charge is -2.30. The third-order valence-electron chi connectivity index (χ3n) is 4.67. The highest BCUT2D eigenvalue weighted by Gasteiger charge is 2.53. The summed E-state index contributed by atoms with van der Waals surface area (Å²) in [4.78, 5) is 36.1. The molecule has 0 aliphatic carbocycles. The van der Waals surface area contributed by atoms with Crippen molar-refractivity contribution in [2.24, 2.45) is 0 Å². The Hall–Kier alpha value is -1.06. The van der Waals surface area contributed by atoms with E-state index in [2.05, 4.69) is 30.9 Å². The van der Waals surface area contributed by atoms with Crippen molar-refractivity contribution in [3.63, 3.8) is 0 Å². The number of hydrogen-bond donors (Lipinski definition) is 2. The monoisotopic (exact) mass is 553 g/mol. The number of alkyl halides is 1. The average molecular weight is 554 g/mol. The molecule has 4 heterocycles. The zero-order chi connectivity index (χ0) is 22.3. The van der Waals surface area contributed by atoms with Gasteiger partial charge in [-0.05, 0) is 17.6 Å². The second-order valence-corrected chi connectivity index (χ2v) is 12.2. The van der Waals surface area contributed by atoms with Gasteiger partial charge in [0.1, 0.15) is 24.6 Å². The van der Waals surface area contributed by atoms with Crippen molar-refractivity contribution < 1.29 is 33.0 Å². The number of ether oxygens (including phenoxy) is 1. The van der Waals surface area contributed by atoms with Gasteiger partial charge in [-0.3, -0.25) is 23.2 Å². The Morgan fingerprint density at radius 3 is 2.90 bits per heavy atom. The van der Waals surface area contributed by atoms with Crippen molar-refractivity contribution in [3.8, 4) is 0 Å². The molecule has 31 heavy (non-hydrogen) atoms. The molecule has 5 atom stereocenters. The number of aliphatic hydroxyl groups excluding tert-OH is 1. The van der Waals surface area contributed by atoms with E-state index < -0.39 is 42.9 Å². The molecule has 12 nitrogen and oxygen atoms in total. The molecule has 0 bridgehead atoms. The summed E-state index contributed by atoms with van der Waals surface area (Å²) >= 11 is 4.87. The number of halogens is 1. The van der Waals surface area contributed by atoms with Crippen LogP contribution in [0.2, 0.25) is 0 Å². The van der Waals surface area contributed by atoms with E-state index in [4.69, 9.17) is 19.5 Å². The molecule has 2 aliphatic heterocycles. The van der Waals surface area contributed by atoms with Crippen LogP contribution in [-0.2, 0) is 27.9 Å². The average Bonchev–Trinajstić information content (AvgIpc) is 3.29. The number of aromatic nitrogens is 4. The quantitative estimate of drug-likeness (QED) is 0.217. The number of nitrogens with two attached hydrogens (primary N) is 1. The van der Waals surface area contributed by atoms with Gasteiger partial charge in [0.05, 0.1) is 17.7 Å². The first-order chi connectivity index (χ1) is 14.8. The molecule has 0 saturated carbocycles. The molecular weight excluding hydrogens is 537 g/mol. The van der Waals surface area contributed by atoms with Crippen molar-refractivity contribution in [2.45, 2.75) is 29.7 Å². The van der Waals surface area contributed by atoms with E-state index >= 15 is 0 Å². The molecule has 3 N–H and O–H groups in total. The number of rotatable bonds is 7. The number of nitrogens with zero attached hydrogens (tertiary/aromatic N) is 4. The Kier molecular flexibility index (Phi) is 6.75. The lowest BCUT2D eigenvalue weighted by molar-refractivity contribution is -0.133. The molecule has 3 unspecified atom stereocenters. The number of Topliss-reactive ketones (excluding diaryl/α,β-unsaturated/α-hetero) is 2. The molecule has 2 aromatic rings. The van der Waals surface area contributed by atoms with Gasteiger partial charge < -0.3 is 15.6 Å². The SMILES string of the molecule is CSP1(=O)OC[C@H]2O[C@@H](n3c(SCC(=O)C(=O)CBr)nc4c(N)ncnc43)C(O)C2O1. The van der Waals surface area contributed by atoms with Gasteiger partial charge in [0, 0.05) is 0 Å². The molecule has 2 saturated heterocycles. The molecule has 0 spiro atoms. The Morgan fingerprint density at radius 2 is 2.19 bits per heavy atom. The number of hydrogen-bond acceptors (Lipinski definition) is 13. The van der Waals surface area contributed by atoms with Gasteiger partial charge in [0.15, 0.2) is 28.4 Å². The van der Waals surface area contributed by atoms with Gasteiger partial charge in [-0.2, -0.15) is 0 Å². The Bertz CT molecular complexity index is 1090. The lowest BCUT2D eigenvalue weighted by Crippen LogP contribution is -2.38. The molecular formula is C15H17BrN5O7PS2. The summed E-state index contributed by atoms with van der Waals surface area (Å²) in [7, 11) is 0. The number of anilines is 1. The normalized spacial score (nSPS) is 30.4. The summed E-state index contributed by atoms with van der Waals surface area (Å²) in [6.07, 6.45) is -1.02. The largest absolute Gasteiger partial charge is 0.389 e. The van der Waals surface area contributed by atoms with E-state index in [0.717, 1.165) is 23.1 Å². The van der Waals surface area contributed by atoms with E-state index in [9.17, 15) is 19.3 Å². The first kappa shape index (κ1) is 23.1. The van der Waals surface area contributed by atoms with E-state index in [1.54, 1.807) is 6.26 Å². The van der Waals surface area contributed by atoms with Crippen molar-refractivity contribution in [1.82, 2.24) is 19.5 Å². The maximum atomic E-state index is 12.5. The van der Waals surface area contributed by atoms with Gasteiger partial charge in [-0.15, -0.1) is 0 Å². The standard InChI is InChI=1S/C15H17BrN5O7PS2/c1-30-29(25)26-3-8-11(28-29)10(24)14(27-8)21-13-9(12(17)18-5-19-13)20-15(21)31-4-7(23)6(22)2-16/h5,8,10-11,14,24H,2-4H2,1H3,(H2,17,18,19)/t8-,10?,11?,14-,29?/m1/s1. The van der Waals surface area contributed by atoms with Crippen molar-refractivity contribution in [1.29, 1.82) is 0 Å². The first-order valence-corrected chi connectivity index (χ1v) is 14.3. The molecule has 0 radical (unpaired) electrons. The summed E-state index contributed by atoms with van der Waals surface area (Å²) in [5, 5.41) is 11.1. The molecule has 2 aromatic heterocycles. The summed E-state index contributed by atoms with van der Waals surface area (Å²) < 4.78 is 30.7. The third kappa shape index (κ3) is 4.29. The number of carbonyl (C=O) groups excluding carboxylic acids is 2. The smallest absolute Gasteiger partial charge is 0.386 e. The molecule has 2 fully saturated rings. The highest BCUT2D eigenvalue weighted by Crippen LogP contribution is 2.64. The van der Waals surface area contributed by atoms with Crippen molar-refractivity contribution >= 4 is 74.4 Å². The molecule has 4 rings (SSSR count). The number of aliphatic hydroxyl groups is 1. The molecule has 2 aliphatic rings. The van der Waals surface area contributed by atoms with Crippen LogP contribution < -0.4 is 5.73 Å². The zero-order valence-corrected chi connectivity index (χ0v) is 20.0. The number of fused-ring (bicyclic) bond motifs is 2. The van der Waals surface area contributed by atoms with Gasteiger partial charge in [-0.1, -0.05) is 27.7 Å². The number of thioether (sulfide) groups is 1. The highest BCUT2D eigenvalue weighted by molar-refractivity contribution is 9.09. The maximum Gasteiger partial charge on any atom is 0.389 e. The van der Waals surface area contributed by atoms with E-state index in [1.807, 2.05) is 0 Å². The summed E-state index contributed by atoms with van der Waals surface area (Å²) in [5.74, 6) is -1.25. The van der Waals surface area contributed by atoms with E-state index in [-0.39, 0.29) is 39.8 Å². The zero-order valence-electron chi connectivity index (χ0n) is 15.9. The number of carbonyl (C=O) groups is 2. The van der Waals surface area contributed by atoms with E-state index in [1.165, 1.54) is 10.9 Å². The van der Waals surface area contributed by atoms with Crippen molar-refractivity contribution in [2.75, 3.05) is 29.7 Å². The fraction of sp³-hybridized carbons (Fsp3) is 0.533. The number of nitrogen functional groups attached to an aromatic ring is 1. The highest BCUT2D eigenvalue weighted by atomic mass is 79.9. The predicted octanol–water partition coefficient (Wildman–Crippen LogP) is 1.18. The minimum Gasteiger partial charge on any atom is -0.386 e. The molecule has 16 heteroatoms. The second-order valence-electron chi connectivity index (χ2n) is 6.52. The minimum absolute atomic E-state index is 0.0270. The molecule has 0 amide bonds. The van der Waals surface area contributed by atoms with Crippen LogP contribution in [0.5, 0.6) is 0 Å². The second kappa shape index (κ2) is 9.06. The van der Waals surface area contributed by atoms with Crippen LogP contribution in [0.4, 0.5) is 5.82 Å². The van der Waals surface area contributed by atoms with E-state index in [0.29, 0.717) is 0 Å². The summed E-state index contributed by atoms with van der Waals surface area (Å²) in [5.41, 5.74) is 6.44. The minimum atomic E-state index is -3.40. The maximum absolute atomic E-state index is 12.5. The third-order valence-corrected chi connectivity index (χ3v) is 9.47. The van der Waals surface area contributed by atoms with Crippen molar-refractivity contribution in [3.05, 3.63) is 6.33 Å². The van der Waals surface area contributed by atoms with Crippen LogP contribution in [0.3, 0.4) is 0 Å². The van der Waals surface area contributed by atoms with Crippen LogP contribution >= 0.6 is 45.9 Å². The van der Waals surface area contributed by atoms with Crippen LogP contribution in [0.1, 0.15) is 6.23 Å². The van der Waals surface area contributed by atoms with Gasteiger partial charge >= 0.3 is 6.80 Å². The molecule has 0 aromatic carbocycles. The van der Waals surface area contributed by atoms with Gasteiger partial charge in [-0.25, -0.2) is 19.5 Å². The fourth-order valence-corrected chi connectivity index (χ4v) is 6.57. The van der Waals surface area contributed by atoms with Gasteiger partial charge in [0.2, 0.25) is 11.6 Å². The first-order valence-electron chi connectivity index (χ1n) is 8.83. The topological polar surface area (TPSA) is 169 Å².